The van der Waals surface area contributed by atoms with Crippen LogP contribution < -0.4 is 0 Å². The molecule has 2 atom stereocenters. The first-order valence-corrected chi connectivity index (χ1v) is 10.4. The van der Waals surface area contributed by atoms with Crippen LogP contribution >= 0.6 is 0 Å². The zero-order valence-corrected chi connectivity index (χ0v) is 16.3. The highest BCUT2D eigenvalue weighted by molar-refractivity contribution is 5.70. The smallest absolute Gasteiger partial charge is 0.306 e. The lowest BCUT2D eigenvalue weighted by molar-refractivity contribution is -0.144. The molecule has 1 aliphatic carbocycles. The normalized spacial score (nSPS) is 17.8. The number of carbonyl (C=O) groups is 2. The van der Waals surface area contributed by atoms with E-state index < -0.39 is 11.9 Å². The zero-order chi connectivity index (χ0) is 18.7. The second kappa shape index (κ2) is 11.5. The van der Waals surface area contributed by atoms with E-state index in [4.69, 9.17) is 5.11 Å². The van der Waals surface area contributed by atoms with Crippen LogP contribution in [0.4, 0.5) is 0 Å². The summed E-state index contributed by atoms with van der Waals surface area (Å²) in [5.41, 5.74) is 0.179. The first kappa shape index (κ1) is 22.0. The van der Waals surface area contributed by atoms with Gasteiger partial charge in [-0.25, -0.2) is 0 Å². The van der Waals surface area contributed by atoms with Crippen LogP contribution in [0.1, 0.15) is 104 Å². The SMILES string of the molecule is CCCCCCCCCC(C(C)C(=O)O)C1(CCCCC(=O)O)CC1. The zero-order valence-electron chi connectivity index (χ0n) is 16.3. The third kappa shape index (κ3) is 8.24. The first-order chi connectivity index (χ1) is 11.9. The van der Waals surface area contributed by atoms with E-state index in [1.165, 1.54) is 38.5 Å². The highest BCUT2D eigenvalue weighted by Gasteiger charge is 2.50. The topological polar surface area (TPSA) is 74.6 Å². The lowest BCUT2D eigenvalue weighted by atomic mass is 9.74. The van der Waals surface area contributed by atoms with Crippen LogP contribution in [0.15, 0.2) is 0 Å². The van der Waals surface area contributed by atoms with Crippen molar-refractivity contribution in [1.82, 2.24) is 0 Å². The average molecular weight is 355 g/mol. The van der Waals surface area contributed by atoms with Crippen LogP contribution in [-0.2, 0) is 9.59 Å². The van der Waals surface area contributed by atoms with Gasteiger partial charge in [0.05, 0.1) is 5.92 Å². The van der Waals surface area contributed by atoms with Crippen molar-refractivity contribution < 1.29 is 19.8 Å². The Morgan fingerprint density at radius 2 is 1.52 bits per heavy atom. The van der Waals surface area contributed by atoms with Crippen LogP contribution in [0.25, 0.3) is 0 Å². The van der Waals surface area contributed by atoms with Crippen molar-refractivity contribution in [1.29, 1.82) is 0 Å². The molecule has 4 nitrogen and oxygen atoms in total. The molecule has 1 saturated carbocycles. The molecule has 0 aliphatic heterocycles. The van der Waals surface area contributed by atoms with Crippen molar-refractivity contribution in [3.63, 3.8) is 0 Å². The third-order valence-electron chi connectivity index (χ3n) is 6.11. The molecule has 0 heterocycles. The monoisotopic (exact) mass is 354 g/mol. The Hall–Kier alpha value is -1.06. The minimum Gasteiger partial charge on any atom is -0.481 e. The van der Waals surface area contributed by atoms with Gasteiger partial charge in [0.2, 0.25) is 0 Å². The summed E-state index contributed by atoms with van der Waals surface area (Å²) < 4.78 is 0. The molecule has 0 bridgehead atoms. The molecule has 1 rings (SSSR count). The Bertz CT molecular complexity index is 401. The van der Waals surface area contributed by atoms with Gasteiger partial charge >= 0.3 is 11.9 Å². The van der Waals surface area contributed by atoms with Crippen LogP contribution in [0.2, 0.25) is 0 Å². The summed E-state index contributed by atoms with van der Waals surface area (Å²) >= 11 is 0. The molecule has 0 amide bonds. The molecule has 25 heavy (non-hydrogen) atoms. The Balaban J connectivity index is 2.41. The van der Waals surface area contributed by atoms with Crippen LogP contribution in [0.3, 0.4) is 0 Å². The van der Waals surface area contributed by atoms with Gasteiger partial charge in [0.1, 0.15) is 0 Å². The van der Waals surface area contributed by atoms with Crippen LogP contribution in [0.5, 0.6) is 0 Å². The van der Waals surface area contributed by atoms with E-state index in [1.807, 2.05) is 6.92 Å². The molecule has 4 heteroatoms. The second-order valence-electron chi connectivity index (χ2n) is 8.11. The maximum absolute atomic E-state index is 11.6. The number of carboxylic acid groups (broad SMARTS) is 2. The number of hydrogen-bond donors (Lipinski definition) is 2. The molecule has 146 valence electrons. The van der Waals surface area contributed by atoms with Crippen molar-refractivity contribution in [3.8, 4) is 0 Å². The van der Waals surface area contributed by atoms with Crippen molar-refractivity contribution in [2.24, 2.45) is 17.3 Å². The van der Waals surface area contributed by atoms with E-state index in [-0.39, 0.29) is 23.7 Å². The summed E-state index contributed by atoms with van der Waals surface area (Å²) in [7, 11) is 0. The van der Waals surface area contributed by atoms with E-state index >= 15 is 0 Å². The summed E-state index contributed by atoms with van der Waals surface area (Å²) in [6.07, 6.45) is 14.9. The van der Waals surface area contributed by atoms with Gasteiger partial charge in [0.15, 0.2) is 0 Å². The maximum Gasteiger partial charge on any atom is 0.306 e. The summed E-state index contributed by atoms with van der Waals surface area (Å²) in [4.78, 5) is 22.2. The molecule has 0 aromatic rings. The molecule has 1 aliphatic rings. The van der Waals surface area contributed by atoms with Gasteiger partial charge in [-0.15, -0.1) is 0 Å². The number of hydrogen-bond acceptors (Lipinski definition) is 2. The Labute approximate surface area is 153 Å². The molecule has 2 N–H and O–H groups in total. The fourth-order valence-electron chi connectivity index (χ4n) is 4.30. The van der Waals surface area contributed by atoms with Crippen molar-refractivity contribution in [2.45, 2.75) is 104 Å². The third-order valence-corrected chi connectivity index (χ3v) is 6.11. The fraction of sp³-hybridized carbons (Fsp3) is 0.905. The molecule has 0 saturated heterocycles. The Kier molecular flexibility index (Phi) is 10.1. The molecule has 0 spiro atoms. The van der Waals surface area contributed by atoms with E-state index in [0.717, 1.165) is 38.5 Å². The van der Waals surface area contributed by atoms with E-state index in [2.05, 4.69) is 6.92 Å². The van der Waals surface area contributed by atoms with Gasteiger partial charge < -0.3 is 10.2 Å². The molecule has 2 unspecified atom stereocenters. The average Bonchev–Trinajstić information content (AvgIpc) is 3.34. The molecule has 0 radical (unpaired) electrons. The van der Waals surface area contributed by atoms with Crippen molar-refractivity contribution in [2.75, 3.05) is 0 Å². The fourth-order valence-corrected chi connectivity index (χ4v) is 4.30. The molecular formula is C21H38O4. The summed E-state index contributed by atoms with van der Waals surface area (Å²) in [5.74, 6) is -1.44. The highest BCUT2D eigenvalue weighted by atomic mass is 16.4. The predicted molar refractivity (Wildman–Crippen MR) is 101 cm³/mol. The number of aliphatic carboxylic acids is 2. The lowest BCUT2D eigenvalue weighted by Gasteiger charge is -2.30. The van der Waals surface area contributed by atoms with Gasteiger partial charge in [-0.2, -0.15) is 0 Å². The predicted octanol–water partition coefficient (Wildman–Crippen LogP) is 5.89. The first-order valence-electron chi connectivity index (χ1n) is 10.4. The second-order valence-corrected chi connectivity index (χ2v) is 8.11. The van der Waals surface area contributed by atoms with Crippen LogP contribution in [-0.4, -0.2) is 22.2 Å². The van der Waals surface area contributed by atoms with Gasteiger partial charge in [0, 0.05) is 6.42 Å². The van der Waals surface area contributed by atoms with Crippen molar-refractivity contribution >= 4 is 11.9 Å². The number of unbranched alkanes of at least 4 members (excludes halogenated alkanes) is 7. The highest BCUT2D eigenvalue weighted by Crippen LogP contribution is 2.59. The number of rotatable bonds is 16. The van der Waals surface area contributed by atoms with Gasteiger partial charge in [0.25, 0.3) is 0 Å². The standard InChI is InChI=1S/C21H38O4/c1-3-4-5-6-7-8-9-12-18(17(2)20(24)25)21(15-16-21)14-11-10-13-19(22)23/h17-18H,3-16H2,1-2H3,(H,22,23)(H,24,25). The molecule has 0 aromatic heterocycles. The Morgan fingerprint density at radius 3 is 2.04 bits per heavy atom. The summed E-state index contributed by atoms with van der Waals surface area (Å²) in [5, 5.41) is 18.3. The van der Waals surface area contributed by atoms with Gasteiger partial charge in [-0.05, 0) is 43.4 Å². The van der Waals surface area contributed by atoms with Gasteiger partial charge in [-0.3, -0.25) is 9.59 Å². The molecule has 0 aromatic carbocycles. The van der Waals surface area contributed by atoms with E-state index in [1.54, 1.807) is 0 Å². The van der Waals surface area contributed by atoms with Crippen molar-refractivity contribution in [3.05, 3.63) is 0 Å². The maximum atomic E-state index is 11.6. The molecular weight excluding hydrogens is 316 g/mol. The van der Waals surface area contributed by atoms with Gasteiger partial charge in [-0.1, -0.05) is 65.2 Å². The minimum absolute atomic E-state index is 0.179. The summed E-state index contributed by atoms with van der Waals surface area (Å²) in [6, 6.07) is 0. The van der Waals surface area contributed by atoms with E-state index in [0.29, 0.717) is 6.42 Å². The lowest BCUT2D eigenvalue weighted by Crippen LogP contribution is -2.29. The van der Waals surface area contributed by atoms with E-state index in [9.17, 15) is 14.7 Å². The largest absolute Gasteiger partial charge is 0.481 e. The molecule has 1 fully saturated rings. The van der Waals surface area contributed by atoms with Crippen LogP contribution in [0, 0.1) is 17.3 Å². The minimum atomic E-state index is -0.733. The summed E-state index contributed by atoms with van der Waals surface area (Å²) in [6.45, 7) is 4.09. The quantitative estimate of drug-likeness (QED) is 0.339. The Morgan fingerprint density at radius 1 is 0.920 bits per heavy atom. The number of carboxylic acids is 2.